The summed E-state index contributed by atoms with van der Waals surface area (Å²) in [5, 5.41) is 3.66. The number of hydrogen-bond acceptors (Lipinski definition) is 3. The number of anilines is 1. The molecule has 1 aliphatic carbocycles. The van der Waals surface area contributed by atoms with E-state index in [1.807, 2.05) is 19.2 Å². The number of nitrogens with one attached hydrogen (secondary N) is 1. The molecule has 1 aromatic heterocycles. The largest absolute Gasteiger partial charge is 0.381 e. The average Bonchev–Trinajstić information content (AvgIpc) is 2.72. The Balaban J connectivity index is 1.77. The monoisotopic (exact) mass is 232 g/mol. The number of aryl methyl sites for hydroxylation is 1. The molecule has 0 aromatic carbocycles. The third kappa shape index (κ3) is 1.64. The second-order valence-electron chi connectivity index (χ2n) is 5.87. The molecule has 1 saturated carbocycles. The van der Waals surface area contributed by atoms with Crippen molar-refractivity contribution in [3.63, 3.8) is 0 Å². The van der Waals surface area contributed by atoms with E-state index in [2.05, 4.69) is 30.2 Å². The molecule has 0 amide bonds. The van der Waals surface area contributed by atoms with E-state index in [1.165, 1.54) is 12.1 Å². The van der Waals surface area contributed by atoms with Gasteiger partial charge in [-0.15, -0.1) is 0 Å². The van der Waals surface area contributed by atoms with E-state index in [1.54, 1.807) is 0 Å². The summed E-state index contributed by atoms with van der Waals surface area (Å²) in [4.78, 5) is 4.23. The van der Waals surface area contributed by atoms with Gasteiger partial charge in [0.05, 0.1) is 6.10 Å². The lowest BCUT2D eigenvalue weighted by molar-refractivity contribution is -0.0923. The maximum absolute atomic E-state index is 5.81. The summed E-state index contributed by atoms with van der Waals surface area (Å²) >= 11 is 0. The second-order valence-corrected chi connectivity index (χ2v) is 5.87. The van der Waals surface area contributed by atoms with Crippen molar-refractivity contribution in [2.24, 2.45) is 11.3 Å². The van der Waals surface area contributed by atoms with Crippen LogP contribution in [0.25, 0.3) is 0 Å². The van der Waals surface area contributed by atoms with Gasteiger partial charge < -0.3 is 10.1 Å². The summed E-state index contributed by atoms with van der Waals surface area (Å²) in [5.41, 5.74) is 2.48. The number of hydrogen-bond donors (Lipinski definition) is 1. The van der Waals surface area contributed by atoms with Crippen molar-refractivity contribution >= 4 is 5.69 Å². The fraction of sp³-hybridized carbons (Fsp3) is 0.643. The molecule has 0 bridgehead atoms. The molecule has 2 heterocycles. The third-order valence-electron chi connectivity index (χ3n) is 4.32. The van der Waals surface area contributed by atoms with Crippen molar-refractivity contribution in [2.75, 3.05) is 11.9 Å². The van der Waals surface area contributed by atoms with Crippen LogP contribution in [0.4, 0.5) is 5.69 Å². The third-order valence-corrected chi connectivity index (χ3v) is 4.32. The highest BCUT2D eigenvalue weighted by atomic mass is 16.5. The summed E-state index contributed by atoms with van der Waals surface area (Å²) < 4.78 is 5.81. The zero-order chi connectivity index (χ0) is 12.0. The molecular formula is C14H20N2O. The zero-order valence-corrected chi connectivity index (χ0v) is 10.7. The normalized spacial score (nSPS) is 33.9. The number of pyridine rings is 1. The van der Waals surface area contributed by atoms with E-state index in [9.17, 15) is 0 Å². The molecule has 2 fully saturated rings. The highest BCUT2D eigenvalue weighted by Crippen LogP contribution is 2.53. The van der Waals surface area contributed by atoms with Crippen LogP contribution in [-0.2, 0) is 4.74 Å². The average molecular weight is 232 g/mol. The van der Waals surface area contributed by atoms with Gasteiger partial charge in [0.15, 0.2) is 0 Å². The first-order chi connectivity index (χ1) is 8.09. The molecule has 0 radical (unpaired) electrons. The lowest BCUT2D eigenvalue weighted by Crippen LogP contribution is -2.63. The Bertz CT molecular complexity index is 430. The number of fused-ring (bicyclic) bond motifs is 1. The molecule has 0 spiro atoms. The van der Waals surface area contributed by atoms with E-state index in [0.29, 0.717) is 18.1 Å². The highest BCUT2D eigenvalue weighted by molar-refractivity contribution is 5.46. The minimum Gasteiger partial charge on any atom is -0.381 e. The first-order valence-corrected chi connectivity index (χ1v) is 6.40. The van der Waals surface area contributed by atoms with Crippen LogP contribution in [0.2, 0.25) is 0 Å². The van der Waals surface area contributed by atoms with Crippen LogP contribution in [0.5, 0.6) is 0 Å². The summed E-state index contributed by atoms with van der Waals surface area (Å²) in [6.45, 7) is 7.54. The van der Waals surface area contributed by atoms with Gasteiger partial charge in [0.1, 0.15) is 0 Å². The van der Waals surface area contributed by atoms with Gasteiger partial charge in [0.2, 0.25) is 0 Å². The maximum Gasteiger partial charge on any atom is 0.0694 e. The lowest BCUT2D eigenvalue weighted by Gasteiger charge is -2.55. The first-order valence-electron chi connectivity index (χ1n) is 6.40. The molecule has 1 aliphatic heterocycles. The molecule has 2 aliphatic rings. The van der Waals surface area contributed by atoms with Crippen LogP contribution in [0.3, 0.4) is 0 Å². The number of nitrogens with zero attached hydrogens (tertiary/aromatic N) is 1. The zero-order valence-electron chi connectivity index (χ0n) is 10.7. The summed E-state index contributed by atoms with van der Waals surface area (Å²) in [5.74, 6) is 0.679. The molecular weight excluding hydrogens is 212 g/mol. The maximum atomic E-state index is 5.81. The number of ether oxygens (including phenoxy) is 1. The van der Waals surface area contributed by atoms with Gasteiger partial charge in [-0.25, -0.2) is 0 Å². The van der Waals surface area contributed by atoms with Crippen LogP contribution in [0.15, 0.2) is 18.3 Å². The molecule has 3 atom stereocenters. The van der Waals surface area contributed by atoms with Crippen LogP contribution >= 0.6 is 0 Å². The lowest BCUT2D eigenvalue weighted by atomic mass is 9.57. The predicted octanol–water partition coefficient (Wildman–Crippen LogP) is 2.62. The predicted molar refractivity (Wildman–Crippen MR) is 68.0 cm³/mol. The minimum atomic E-state index is 0.234. The Kier molecular flexibility index (Phi) is 2.40. The van der Waals surface area contributed by atoms with Crippen molar-refractivity contribution in [2.45, 2.75) is 39.3 Å². The van der Waals surface area contributed by atoms with Crippen LogP contribution in [0, 0.1) is 18.3 Å². The van der Waals surface area contributed by atoms with Gasteiger partial charge in [0, 0.05) is 41.6 Å². The van der Waals surface area contributed by atoms with Gasteiger partial charge in [-0.1, -0.05) is 13.8 Å². The molecule has 92 valence electrons. The SMILES string of the molecule is Cc1cc(NC2C3CCOC3C2(C)C)ccn1. The molecule has 1 N–H and O–H groups in total. The number of aromatic nitrogens is 1. The smallest absolute Gasteiger partial charge is 0.0694 e. The van der Waals surface area contributed by atoms with E-state index in [-0.39, 0.29) is 5.41 Å². The van der Waals surface area contributed by atoms with E-state index in [4.69, 9.17) is 4.74 Å². The van der Waals surface area contributed by atoms with E-state index in [0.717, 1.165) is 12.3 Å². The summed E-state index contributed by atoms with van der Waals surface area (Å²) in [6.07, 6.45) is 3.50. The summed E-state index contributed by atoms with van der Waals surface area (Å²) in [6, 6.07) is 4.68. The van der Waals surface area contributed by atoms with E-state index < -0.39 is 0 Å². The Morgan fingerprint density at radius 3 is 3.06 bits per heavy atom. The second kappa shape index (κ2) is 3.70. The van der Waals surface area contributed by atoms with Gasteiger partial charge in [-0.05, 0) is 25.5 Å². The molecule has 3 rings (SSSR count). The standard InChI is InChI=1S/C14H20N2O/c1-9-8-10(4-6-15-9)16-12-11-5-7-17-13(11)14(12,2)3/h4,6,8,11-13H,5,7H2,1-3H3,(H,15,16). The minimum absolute atomic E-state index is 0.234. The highest BCUT2D eigenvalue weighted by Gasteiger charge is 2.59. The molecule has 3 unspecified atom stereocenters. The van der Waals surface area contributed by atoms with Crippen LogP contribution in [0.1, 0.15) is 26.0 Å². The Morgan fingerprint density at radius 2 is 2.29 bits per heavy atom. The topological polar surface area (TPSA) is 34.1 Å². The molecule has 3 heteroatoms. The first kappa shape index (κ1) is 11.0. The van der Waals surface area contributed by atoms with Crippen molar-refractivity contribution in [1.29, 1.82) is 0 Å². The van der Waals surface area contributed by atoms with Crippen molar-refractivity contribution in [1.82, 2.24) is 4.98 Å². The van der Waals surface area contributed by atoms with Crippen LogP contribution < -0.4 is 5.32 Å². The molecule has 17 heavy (non-hydrogen) atoms. The van der Waals surface area contributed by atoms with Gasteiger partial charge >= 0.3 is 0 Å². The number of rotatable bonds is 2. The molecule has 1 saturated heterocycles. The van der Waals surface area contributed by atoms with Gasteiger partial charge in [-0.3, -0.25) is 4.98 Å². The quantitative estimate of drug-likeness (QED) is 0.851. The van der Waals surface area contributed by atoms with Crippen LogP contribution in [-0.4, -0.2) is 23.7 Å². The van der Waals surface area contributed by atoms with Crippen molar-refractivity contribution < 1.29 is 4.74 Å². The van der Waals surface area contributed by atoms with Crippen molar-refractivity contribution in [3.05, 3.63) is 24.0 Å². The van der Waals surface area contributed by atoms with Gasteiger partial charge in [0.25, 0.3) is 0 Å². The molecule has 1 aromatic rings. The summed E-state index contributed by atoms with van der Waals surface area (Å²) in [7, 11) is 0. The fourth-order valence-electron chi connectivity index (χ4n) is 3.43. The Morgan fingerprint density at radius 1 is 1.47 bits per heavy atom. The van der Waals surface area contributed by atoms with E-state index >= 15 is 0 Å². The Hall–Kier alpha value is -1.09. The fourth-order valence-corrected chi connectivity index (χ4v) is 3.43. The Labute approximate surface area is 103 Å². The van der Waals surface area contributed by atoms with Crippen molar-refractivity contribution in [3.8, 4) is 0 Å². The van der Waals surface area contributed by atoms with Gasteiger partial charge in [-0.2, -0.15) is 0 Å². The molecule has 3 nitrogen and oxygen atoms in total.